The van der Waals surface area contributed by atoms with Gasteiger partial charge in [0.2, 0.25) is 0 Å². The first-order chi connectivity index (χ1) is 7.82. The molecule has 0 amide bonds. The van der Waals surface area contributed by atoms with Gasteiger partial charge >= 0.3 is 0 Å². The molecule has 17 heavy (non-hydrogen) atoms. The summed E-state index contributed by atoms with van der Waals surface area (Å²) >= 11 is 0. The van der Waals surface area contributed by atoms with Crippen LogP contribution < -0.4 is 11.1 Å². The van der Waals surface area contributed by atoms with Gasteiger partial charge in [0.1, 0.15) is 18.0 Å². The van der Waals surface area contributed by atoms with Crippen molar-refractivity contribution in [1.29, 1.82) is 0 Å². The van der Waals surface area contributed by atoms with Crippen LogP contribution >= 0.6 is 0 Å². The third-order valence-corrected chi connectivity index (χ3v) is 2.60. The van der Waals surface area contributed by atoms with Crippen molar-refractivity contribution in [2.45, 2.75) is 20.8 Å². The topological polar surface area (TPSA) is 67.1 Å². The van der Waals surface area contributed by atoms with Crippen molar-refractivity contribution in [2.24, 2.45) is 5.41 Å². The molecular weight excluding hydrogens is 214 g/mol. The SMILES string of the molecule is Cc1c(N)ncnc1NCC(C)(C)CN(C)C. The van der Waals surface area contributed by atoms with Crippen LogP contribution in [0.15, 0.2) is 6.33 Å². The second-order valence-corrected chi connectivity index (χ2v) is 5.49. The Bertz CT molecular complexity index is 373. The van der Waals surface area contributed by atoms with Gasteiger partial charge in [-0.15, -0.1) is 0 Å². The molecular formula is C12H23N5. The van der Waals surface area contributed by atoms with Crippen LogP contribution in [0.2, 0.25) is 0 Å². The summed E-state index contributed by atoms with van der Waals surface area (Å²) < 4.78 is 0. The highest BCUT2D eigenvalue weighted by Gasteiger charge is 2.19. The molecule has 96 valence electrons. The average molecular weight is 237 g/mol. The van der Waals surface area contributed by atoms with Gasteiger partial charge in [-0.3, -0.25) is 0 Å². The minimum absolute atomic E-state index is 0.176. The van der Waals surface area contributed by atoms with Crippen LogP contribution in [0.5, 0.6) is 0 Å². The van der Waals surface area contributed by atoms with E-state index in [1.54, 1.807) is 0 Å². The van der Waals surface area contributed by atoms with Crippen molar-refractivity contribution in [1.82, 2.24) is 14.9 Å². The first-order valence-corrected chi connectivity index (χ1v) is 5.77. The molecule has 0 spiro atoms. The minimum atomic E-state index is 0.176. The molecule has 0 bridgehead atoms. The standard InChI is InChI=1S/C12H23N5/c1-9-10(13)15-8-16-11(9)14-6-12(2,3)7-17(4)5/h8H,6-7H2,1-5H3,(H3,13,14,15,16). The highest BCUT2D eigenvalue weighted by atomic mass is 15.1. The molecule has 1 rings (SSSR count). The van der Waals surface area contributed by atoms with Crippen LogP contribution in [0.1, 0.15) is 19.4 Å². The van der Waals surface area contributed by atoms with Gasteiger partial charge in [-0.05, 0) is 26.4 Å². The van der Waals surface area contributed by atoms with Crippen LogP contribution in [-0.4, -0.2) is 42.1 Å². The molecule has 1 heterocycles. The van der Waals surface area contributed by atoms with Crippen LogP contribution in [0.4, 0.5) is 11.6 Å². The largest absolute Gasteiger partial charge is 0.383 e. The number of nitrogens with zero attached hydrogens (tertiary/aromatic N) is 3. The van der Waals surface area contributed by atoms with Gasteiger partial charge in [0.25, 0.3) is 0 Å². The van der Waals surface area contributed by atoms with Gasteiger partial charge in [0.05, 0.1) is 0 Å². The van der Waals surface area contributed by atoms with Crippen molar-refractivity contribution in [3.8, 4) is 0 Å². The number of nitrogens with one attached hydrogen (secondary N) is 1. The van der Waals surface area contributed by atoms with E-state index < -0.39 is 0 Å². The lowest BCUT2D eigenvalue weighted by Gasteiger charge is -2.28. The summed E-state index contributed by atoms with van der Waals surface area (Å²) in [7, 11) is 4.16. The summed E-state index contributed by atoms with van der Waals surface area (Å²) in [6.45, 7) is 8.23. The van der Waals surface area contributed by atoms with Crippen molar-refractivity contribution in [2.75, 3.05) is 38.2 Å². The highest BCUT2D eigenvalue weighted by Crippen LogP contribution is 2.20. The Kier molecular flexibility index (Phi) is 4.28. The van der Waals surface area contributed by atoms with E-state index in [0.717, 1.165) is 24.5 Å². The second kappa shape index (κ2) is 5.31. The molecule has 0 fully saturated rings. The van der Waals surface area contributed by atoms with Crippen molar-refractivity contribution in [3.05, 3.63) is 11.9 Å². The zero-order valence-corrected chi connectivity index (χ0v) is 11.4. The fourth-order valence-corrected chi connectivity index (χ4v) is 1.88. The molecule has 0 unspecified atom stereocenters. The summed E-state index contributed by atoms with van der Waals surface area (Å²) in [6, 6.07) is 0. The molecule has 3 N–H and O–H groups in total. The molecule has 5 nitrogen and oxygen atoms in total. The third kappa shape index (κ3) is 4.19. The fraction of sp³-hybridized carbons (Fsp3) is 0.667. The van der Waals surface area contributed by atoms with Crippen LogP contribution in [0.3, 0.4) is 0 Å². The Morgan fingerprint density at radius 2 is 2.00 bits per heavy atom. The number of nitrogens with two attached hydrogens (primary N) is 1. The lowest BCUT2D eigenvalue weighted by atomic mass is 9.93. The van der Waals surface area contributed by atoms with Crippen molar-refractivity contribution in [3.63, 3.8) is 0 Å². The zero-order valence-electron chi connectivity index (χ0n) is 11.4. The van der Waals surface area contributed by atoms with Gasteiger partial charge in [-0.2, -0.15) is 0 Å². The minimum Gasteiger partial charge on any atom is -0.383 e. The normalized spacial score (nSPS) is 11.9. The maximum atomic E-state index is 5.74. The molecule has 0 atom stereocenters. The lowest BCUT2D eigenvalue weighted by Crippen LogP contribution is -2.34. The second-order valence-electron chi connectivity index (χ2n) is 5.49. The molecule has 5 heteroatoms. The van der Waals surface area contributed by atoms with E-state index in [9.17, 15) is 0 Å². The van der Waals surface area contributed by atoms with E-state index in [0.29, 0.717) is 5.82 Å². The Balaban J connectivity index is 2.64. The molecule has 0 aromatic carbocycles. The summed E-state index contributed by atoms with van der Waals surface area (Å²) in [5.74, 6) is 1.36. The Morgan fingerprint density at radius 1 is 1.35 bits per heavy atom. The monoisotopic (exact) mass is 237 g/mol. The fourth-order valence-electron chi connectivity index (χ4n) is 1.88. The number of hydrogen-bond donors (Lipinski definition) is 2. The summed E-state index contributed by atoms with van der Waals surface area (Å²) in [5, 5.41) is 3.34. The van der Waals surface area contributed by atoms with Crippen LogP contribution in [0.25, 0.3) is 0 Å². The van der Waals surface area contributed by atoms with Gasteiger partial charge < -0.3 is 16.0 Å². The van der Waals surface area contributed by atoms with Gasteiger partial charge in [-0.25, -0.2) is 9.97 Å². The highest BCUT2D eigenvalue weighted by molar-refractivity contribution is 5.53. The first-order valence-electron chi connectivity index (χ1n) is 5.77. The van der Waals surface area contributed by atoms with E-state index in [2.05, 4.69) is 48.1 Å². The first kappa shape index (κ1) is 13.7. The summed E-state index contributed by atoms with van der Waals surface area (Å²) in [5.41, 5.74) is 6.83. The number of anilines is 2. The molecule has 0 aliphatic carbocycles. The van der Waals surface area contributed by atoms with Crippen molar-refractivity contribution >= 4 is 11.6 Å². The molecule has 1 aromatic heterocycles. The van der Waals surface area contributed by atoms with E-state index in [1.165, 1.54) is 6.33 Å². The number of nitrogen functional groups attached to an aromatic ring is 1. The molecule has 0 aliphatic heterocycles. The molecule has 0 saturated heterocycles. The van der Waals surface area contributed by atoms with Gasteiger partial charge in [-0.1, -0.05) is 13.8 Å². The zero-order chi connectivity index (χ0) is 13.1. The predicted octanol–water partition coefficient (Wildman–Crippen LogP) is 1.37. The van der Waals surface area contributed by atoms with Crippen LogP contribution in [-0.2, 0) is 0 Å². The maximum absolute atomic E-state index is 5.74. The number of hydrogen-bond acceptors (Lipinski definition) is 5. The Labute approximate surface area is 103 Å². The van der Waals surface area contributed by atoms with Crippen molar-refractivity contribution < 1.29 is 0 Å². The summed E-state index contributed by atoms with van der Waals surface area (Å²) in [4.78, 5) is 10.3. The maximum Gasteiger partial charge on any atom is 0.134 e. The average Bonchev–Trinajstić information content (AvgIpc) is 2.18. The van der Waals surface area contributed by atoms with E-state index in [4.69, 9.17) is 5.73 Å². The molecule has 0 aliphatic rings. The van der Waals surface area contributed by atoms with E-state index in [-0.39, 0.29) is 5.41 Å². The number of rotatable bonds is 5. The van der Waals surface area contributed by atoms with Gasteiger partial charge in [0.15, 0.2) is 0 Å². The molecule has 0 saturated carbocycles. The molecule has 1 aromatic rings. The lowest BCUT2D eigenvalue weighted by molar-refractivity contribution is 0.254. The molecule has 0 radical (unpaired) electrons. The number of aromatic nitrogens is 2. The smallest absolute Gasteiger partial charge is 0.134 e. The quantitative estimate of drug-likeness (QED) is 0.809. The van der Waals surface area contributed by atoms with E-state index in [1.807, 2.05) is 6.92 Å². The van der Waals surface area contributed by atoms with E-state index >= 15 is 0 Å². The third-order valence-electron chi connectivity index (χ3n) is 2.60. The Hall–Kier alpha value is -1.36. The predicted molar refractivity (Wildman–Crippen MR) is 72.0 cm³/mol. The van der Waals surface area contributed by atoms with Crippen LogP contribution in [0, 0.1) is 12.3 Å². The van der Waals surface area contributed by atoms with Gasteiger partial charge in [0, 0.05) is 18.7 Å². The Morgan fingerprint density at radius 3 is 2.59 bits per heavy atom. The summed E-state index contributed by atoms with van der Waals surface area (Å²) in [6.07, 6.45) is 1.49.